The molecule has 0 aromatic heterocycles. The van der Waals surface area contributed by atoms with E-state index < -0.39 is 36.8 Å². The summed E-state index contributed by atoms with van der Waals surface area (Å²) in [5.74, 6) is 0.414. The largest absolute Gasteiger partial charge is 0.394 e. The molecule has 0 spiro atoms. The zero-order valence-corrected chi connectivity index (χ0v) is 10.5. The Balaban J connectivity index is 2.07. The molecule has 3 heterocycles. The summed E-state index contributed by atoms with van der Waals surface area (Å²) in [6.07, 6.45) is -3.34. The first-order valence-corrected chi connectivity index (χ1v) is 5.93. The van der Waals surface area contributed by atoms with Crippen molar-refractivity contribution in [2.45, 2.75) is 24.5 Å². The molecule has 0 amide bonds. The van der Waals surface area contributed by atoms with E-state index in [2.05, 4.69) is 15.1 Å². The molecular weight excluding hydrogens is 270 g/mol. The van der Waals surface area contributed by atoms with Gasteiger partial charge in [0.1, 0.15) is 24.6 Å². The topological polar surface area (TPSA) is 136 Å². The Labute approximate surface area is 112 Å². The second kappa shape index (κ2) is 4.59. The van der Waals surface area contributed by atoms with E-state index in [1.165, 1.54) is 22.6 Å². The first kappa shape index (κ1) is 13.1. The highest BCUT2D eigenvalue weighted by Gasteiger charge is 2.45. The van der Waals surface area contributed by atoms with Crippen LogP contribution in [0.15, 0.2) is 11.1 Å². The zero-order chi connectivity index (χ0) is 14.4. The maximum Gasteiger partial charge on any atom is 0.351 e. The Kier molecular flexibility index (Phi) is 3.01. The third-order valence-corrected chi connectivity index (χ3v) is 3.34. The van der Waals surface area contributed by atoms with Crippen LogP contribution in [-0.4, -0.2) is 64.6 Å². The van der Waals surface area contributed by atoms with Crippen molar-refractivity contribution in [2.75, 3.05) is 6.61 Å². The quantitative estimate of drug-likeness (QED) is 0.533. The van der Waals surface area contributed by atoms with Crippen molar-refractivity contribution in [2.24, 2.45) is 7.05 Å². The molecule has 20 heavy (non-hydrogen) atoms. The molecule has 10 nitrogen and oxygen atoms in total. The van der Waals surface area contributed by atoms with Gasteiger partial charge in [0.15, 0.2) is 12.1 Å². The summed E-state index contributed by atoms with van der Waals surface area (Å²) >= 11 is 0. The van der Waals surface area contributed by atoms with Crippen LogP contribution < -0.4 is 5.69 Å². The highest BCUT2D eigenvalue weighted by atomic mass is 16.6. The second-order valence-corrected chi connectivity index (χ2v) is 4.53. The van der Waals surface area contributed by atoms with Crippen LogP contribution in [0.3, 0.4) is 0 Å². The van der Waals surface area contributed by atoms with Crippen LogP contribution in [0.4, 0.5) is 0 Å². The predicted octanol–water partition coefficient (Wildman–Crippen LogP) is -2.91. The normalized spacial score (nSPS) is 30.2. The summed E-state index contributed by atoms with van der Waals surface area (Å²) in [5.41, 5.74) is -0.513. The van der Waals surface area contributed by atoms with Gasteiger partial charge < -0.3 is 20.1 Å². The highest BCUT2D eigenvalue weighted by molar-refractivity contribution is 5.44. The van der Waals surface area contributed by atoms with Crippen LogP contribution in [0.1, 0.15) is 6.23 Å². The maximum atomic E-state index is 11.5. The molecule has 3 aliphatic heterocycles. The van der Waals surface area contributed by atoms with E-state index in [-0.39, 0.29) is 11.6 Å². The van der Waals surface area contributed by atoms with Crippen molar-refractivity contribution < 1.29 is 20.1 Å². The van der Waals surface area contributed by atoms with E-state index in [0.717, 1.165) is 0 Å². The fourth-order valence-electron chi connectivity index (χ4n) is 2.21. The van der Waals surface area contributed by atoms with Gasteiger partial charge in [0.25, 0.3) is 0 Å². The minimum absolute atomic E-state index is 0.134. The zero-order valence-electron chi connectivity index (χ0n) is 10.5. The van der Waals surface area contributed by atoms with Gasteiger partial charge in [-0.2, -0.15) is 10.1 Å². The Hall–Kier alpha value is -1.88. The van der Waals surface area contributed by atoms with Crippen LogP contribution in [0, 0.1) is 0 Å². The number of nitrogens with zero attached hydrogens (tertiary/aromatic N) is 5. The summed E-state index contributed by atoms with van der Waals surface area (Å²) in [6.45, 7) is -0.446. The average molecular weight is 283 g/mol. The number of hydrogen-bond donors (Lipinski definition) is 3. The lowest BCUT2D eigenvalue weighted by atomic mass is 10.1. The first-order chi connectivity index (χ1) is 9.54. The van der Waals surface area contributed by atoms with Gasteiger partial charge in [0.05, 0.1) is 6.61 Å². The fraction of sp³-hybridized carbons (Fsp3) is 0.600. The van der Waals surface area contributed by atoms with Crippen molar-refractivity contribution >= 4 is 0 Å². The smallest absolute Gasteiger partial charge is 0.351 e. The van der Waals surface area contributed by atoms with E-state index in [4.69, 9.17) is 9.84 Å². The lowest BCUT2D eigenvalue weighted by molar-refractivity contribution is -0.0589. The van der Waals surface area contributed by atoms with Crippen LogP contribution in [-0.2, 0) is 11.8 Å². The third kappa shape index (κ3) is 1.73. The number of aromatic nitrogens is 5. The molecule has 0 aliphatic carbocycles. The van der Waals surface area contributed by atoms with E-state index in [1.54, 1.807) is 0 Å². The third-order valence-electron chi connectivity index (χ3n) is 3.34. The van der Waals surface area contributed by atoms with Gasteiger partial charge in [-0.1, -0.05) is 0 Å². The monoisotopic (exact) mass is 283 g/mol. The van der Waals surface area contributed by atoms with Gasteiger partial charge in [-0.05, 0) is 0 Å². The Morgan fingerprint density at radius 2 is 2.10 bits per heavy atom. The Bertz CT molecular complexity index is 654. The van der Waals surface area contributed by atoms with Crippen LogP contribution in [0.5, 0.6) is 0 Å². The summed E-state index contributed by atoms with van der Waals surface area (Å²) in [4.78, 5) is 19.3. The number of imidazole rings is 1. The van der Waals surface area contributed by atoms with E-state index in [9.17, 15) is 15.0 Å². The minimum Gasteiger partial charge on any atom is -0.394 e. The number of aliphatic hydroxyl groups excluding tert-OH is 3. The van der Waals surface area contributed by atoms with E-state index >= 15 is 0 Å². The summed E-state index contributed by atoms with van der Waals surface area (Å²) in [5, 5.41) is 32.7. The molecule has 0 unspecified atom stereocenters. The molecule has 10 heteroatoms. The molecule has 1 saturated heterocycles. The van der Waals surface area contributed by atoms with Gasteiger partial charge in [0, 0.05) is 7.05 Å². The van der Waals surface area contributed by atoms with E-state index in [1.807, 2.05) is 0 Å². The molecule has 0 aromatic rings. The average Bonchev–Trinajstić information content (AvgIpc) is 2.90. The van der Waals surface area contributed by atoms with Crippen LogP contribution in [0.2, 0.25) is 0 Å². The minimum atomic E-state index is -1.30. The maximum absolute atomic E-state index is 11.5. The van der Waals surface area contributed by atoms with Gasteiger partial charge in [-0.3, -0.25) is 4.57 Å². The lowest BCUT2D eigenvalue weighted by Crippen LogP contribution is -2.33. The van der Waals surface area contributed by atoms with Gasteiger partial charge >= 0.3 is 5.69 Å². The van der Waals surface area contributed by atoms with Crippen molar-refractivity contribution in [3.05, 3.63) is 16.8 Å². The molecule has 108 valence electrons. The molecule has 0 bridgehead atoms. The van der Waals surface area contributed by atoms with Crippen molar-refractivity contribution in [3.8, 4) is 11.6 Å². The molecule has 1 fully saturated rings. The van der Waals surface area contributed by atoms with Crippen LogP contribution >= 0.6 is 0 Å². The number of ether oxygens (including phenoxy) is 1. The Morgan fingerprint density at radius 1 is 1.35 bits per heavy atom. The molecule has 3 aliphatic rings. The molecule has 0 aromatic carbocycles. The van der Waals surface area contributed by atoms with Gasteiger partial charge in [-0.25, -0.2) is 14.5 Å². The highest BCUT2D eigenvalue weighted by Crippen LogP contribution is 2.30. The van der Waals surface area contributed by atoms with Crippen molar-refractivity contribution in [1.82, 2.24) is 24.3 Å². The first-order valence-electron chi connectivity index (χ1n) is 5.93. The van der Waals surface area contributed by atoms with Gasteiger partial charge in [0.2, 0.25) is 5.82 Å². The number of rotatable bonds is 2. The van der Waals surface area contributed by atoms with E-state index in [0.29, 0.717) is 0 Å². The summed E-state index contributed by atoms with van der Waals surface area (Å²) in [6, 6.07) is 0. The summed E-state index contributed by atoms with van der Waals surface area (Å²) < 4.78 is 7.75. The van der Waals surface area contributed by atoms with Crippen molar-refractivity contribution in [3.63, 3.8) is 0 Å². The van der Waals surface area contributed by atoms with Crippen molar-refractivity contribution in [1.29, 1.82) is 0 Å². The standard InChI is InChI=1S/C10H13N5O5/c1-14-7-8(13-10(14)19)15(12-3-11-7)9-6(18)5(17)4(2-16)20-9/h3-6,9,16-18H,2H2,1H3/t4-,5-,6-,9-/m1/s1. The molecule has 3 rings (SSSR count). The molecule has 0 radical (unpaired) electrons. The fourth-order valence-corrected chi connectivity index (χ4v) is 2.21. The molecule has 0 saturated carbocycles. The van der Waals surface area contributed by atoms with Gasteiger partial charge in [-0.15, -0.1) is 0 Å². The molecule has 3 N–H and O–H groups in total. The number of aliphatic hydroxyl groups is 3. The predicted molar refractivity (Wildman–Crippen MR) is 62.7 cm³/mol. The SMILES string of the molecule is Cn1c2ncnn([C@@H]3O[C@H](CO)[C@@H](O)[C@H]3O)c-2nc1=O. The molecule has 4 atom stereocenters. The van der Waals surface area contributed by atoms with Crippen LogP contribution in [0.25, 0.3) is 11.6 Å². The second-order valence-electron chi connectivity index (χ2n) is 4.53. The Morgan fingerprint density at radius 3 is 2.75 bits per heavy atom. The summed E-state index contributed by atoms with van der Waals surface area (Å²) in [7, 11) is 1.51. The molecular formula is C10H13N5O5. The lowest BCUT2D eigenvalue weighted by Gasteiger charge is -2.18. The number of hydrogen-bond acceptors (Lipinski definition) is 8. The number of fused-ring (bicyclic) bond motifs is 1.